The smallest absolute Gasteiger partial charge is 0.255 e. The normalized spacial score (nSPS) is 11.7. The number of nitrogens with one attached hydrogen (secondary N) is 1. The molecule has 0 bridgehead atoms. The number of fused-ring (bicyclic) bond motifs is 2. The number of rotatable bonds is 7. The van der Waals surface area contributed by atoms with Gasteiger partial charge in [-0.3, -0.25) is 9.10 Å². The second-order valence-corrected chi connectivity index (χ2v) is 12.8. The van der Waals surface area contributed by atoms with E-state index in [0.29, 0.717) is 28.0 Å². The Bertz CT molecular complexity index is 2110. The molecule has 0 saturated heterocycles. The van der Waals surface area contributed by atoms with Gasteiger partial charge in [0.1, 0.15) is 22.9 Å². The maximum Gasteiger partial charge on any atom is 0.255 e. The highest BCUT2D eigenvalue weighted by Gasteiger charge is 2.27. The number of halogens is 1. The molecule has 0 aliphatic carbocycles. The van der Waals surface area contributed by atoms with Gasteiger partial charge in [-0.1, -0.05) is 18.2 Å². The van der Waals surface area contributed by atoms with E-state index in [-0.39, 0.29) is 28.4 Å². The minimum Gasteiger partial charge on any atom is -0.493 e. The molecule has 1 amide bonds. The first-order valence-corrected chi connectivity index (χ1v) is 15.7. The molecule has 6 rings (SSSR count). The highest BCUT2D eigenvalue weighted by atomic mass is 32.2. The van der Waals surface area contributed by atoms with Crippen LogP contribution in [-0.4, -0.2) is 51.8 Å². The van der Waals surface area contributed by atoms with Crippen LogP contribution in [0.5, 0.6) is 5.75 Å². The molecular weight excluding hydrogens is 591 g/mol. The summed E-state index contributed by atoms with van der Waals surface area (Å²) < 4.78 is 53.1. The molecular formula is C31H25FN4O5S2. The lowest BCUT2D eigenvalue weighted by atomic mass is 10.0. The second kappa shape index (κ2) is 10.8. The Morgan fingerprint density at radius 1 is 1.09 bits per heavy atom. The number of aromatic nitrogens is 2. The molecule has 0 spiro atoms. The number of benzene rings is 3. The number of ether oxygens (including phenoxy) is 1. The zero-order valence-electron chi connectivity index (χ0n) is 23.5. The van der Waals surface area contributed by atoms with Crippen molar-refractivity contribution in [3.8, 4) is 39.0 Å². The molecule has 3 aromatic heterocycles. The van der Waals surface area contributed by atoms with Crippen LogP contribution in [0.4, 0.5) is 10.1 Å². The van der Waals surface area contributed by atoms with E-state index in [2.05, 4.69) is 10.3 Å². The van der Waals surface area contributed by atoms with Crippen molar-refractivity contribution in [3.63, 3.8) is 0 Å². The molecule has 0 radical (unpaired) electrons. The third kappa shape index (κ3) is 5.08. The average molecular weight is 617 g/mol. The van der Waals surface area contributed by atoms with Crippen molar-refractivity contribution < 1.29 is 26.8 Å². The lowest BCUT2D eigenvalue weighted by Gasteiger charge is -2.20. The topological polar surface area (TPSA) is 115 Å². The summed E-state index contributed by atoms with van der Waals surface area (Å²) in [6.45, 7) is 0. The van der Waals surface area contributed by atoms with Crippen molar-refractivity contribution in [2.75, 3.05) is 31.8 Å². The molecule has 43 heavy (non-hydrogen) atoms. The maximum atomic E-state index is 13.7. The van der Waals surface area contributed by atoms with Gasteiger partial charge >= 0.3 is 0 Å². The van der Waals surface area contributed by atoms with E-state index in [1.165, 1.54) is 57.7 Å². The first-order chi connectivity index (χ1) is 20.6. The Morgan fingerprint density at radius 2 is 1.84 bits per heavy atom. The number of thiophene rings is 1. The van der Waals surface area contributed by atoms with Crippen LogP contribution in [0.2, 0.25) is 0 Å². The van der Waals surface area contributed by atoms with Crippen LogP contribution in [-0.2, 0) is 10.0 Å². The van der Waals surface area contributed by atoms with Crippen molar-refractivity contribution in [2.45, 2.75) is 0 Å². The number of hydrogen-bond donors (Lipinski definition) is 1. The van der Waals surface area contributed by atoms with Gasteiger partial charge in [0.05, 0.1) is 35.7 Å². The summed E-state index contributed by atoms with van der Waals surface area (Å²) in [6, 6.07) is 18.7. The van der Waals surface area contributed by atoms with Gasteiger partial charge in [-0.15, -0.1) is 11.3 Å². The number of anilines is 1. The highest BCUT2D eigenvalue weighted by molar-refractivity contribution is 7.92. The summed E-state index contributed by atoms with van der Waals surface area (Å²) in [5, 5.41) is 4.09. The number of hydrogen-bond acceptors (Lipinski definition) is 8. The van der Waals surface area contributed by atoms with Crippen LogP contribution in [0.3, 0.4) is 0 Å². The van der Waals surface area contributed by atoms with Crippen molar-refractivity contribution in [1.82, 2.24) is 15.3 Å². The van der Waals surface area contributed by atoms with Crippen molar-refractivity contribution in [1.29, 1.82) is 0 Å². The molecule has 1 N–H and O–H groups in total. The number of furan rings is 1. The maximum absolute atomic E-state index is 13.7. The van der Waals surface area contributed by atoms with Gasteiger partial charge in [0.2, 0.25) is 10.0 Å². The summed E-state index contributed by atoms with van der Waals surface area (Å²) in [6.07, 6.45) is 2.62. The van der Waals surface area contributed by atoms with Crippen LogP contribution >= 0.6 is 11.3 Å². The minimum atomic E-state index is -3.74. The third-order valence-corrected chi connectivity index (χ3v) is 9.39. The molecule has 0 saturated carbocycles. The first-order valence-electron chi connectivity index (χ1n) is 13.0. The van der Waals surface area contributed by atoms with Crippen LogP contribution in [0.15, 0.2) is 77.3 Å². The van der Waals surface area contributed by atoms with Crippen LogP contribution in [0.25, 0.3) is 54.3 Å². The molecule has 0 atom stereocenters. The Kier molecular flexibility index (Phi) is 7.10. The fraction of sp³-hybridized carbons (Fsp3) is 0.129. The first kappa shape index (κ1) is 28.3. The molecule has 0 fully saturated rings. The van der Waals surface area contributed by atoms with Crippen molar-refractivity contribution in [2.24, 2.45) is 0 Å². The van der Waals surface area contributed by atoms with E-state index in [0.717, 1.165) is 25.5 Å². The van der Waals surface area contributed by atoms with E-state index >= 15 is 0 Å². The molecule has 12 heteroatoms. The summed E-state index contributed by atoms with van der Waals surface area (Å²) in [5.41, 5.74) is 2.06. The van der Waals surface area contributed by atoms with E-state index in [4.69, 9.17) is 14.1 Å². The molecule has 0 unspecified atom stereocenters. The highest BCUT2D eigenvalue weighted by Crippen LogP contribution is 2.42. The summed E-state index contributed by atoms with van der Waals surface area (Å²) in [5.74, 6) is -0.00173. The van der Waals surface area contributed by atoms with E-state index in [1.54, 1.807) is 17.4 Å². The molecule has 3 aromatic carbocycles. The Morgan fingerprint density at radius 3 is 2.51 bits per heavy atom. The Balaban J connectivity index is 1.64. The quantitative estimate of drug-likeness (QED) is 0.223. The largest absolute Gasteiger partial charge is 0.493 e. The minimum absolute atomic E-state index is 0.206. The molecule has 0 aliphatic rings. The Hall–Kier alpha value is -4.81. The predicted molar refractivity (Wildman–Crippen MR) is 167 cm³/mol. The van der Waals surface area contributed by atoms with Gasteiger partial charge in [0, 0.05) is 41.4 Å². The molecule has 218 valence electrons. The molecule has 6 aromatic rings. The van der Waals surface area contributed by atoms with Gasteiger partial charge in [-0.05, 0) is 47.9 Å². The lowest BCUT2D eigenvalue weighted by Crippen LogP contribution is -2.25. The zero-order valence-corrected chi connectivity index (χ0v) is 25.1. The summed E-state index contributed by atoms with van der Waals surface area (Å²) in [4.78, 5) is 23.4. The van der Waals surface area contributed by atoms with E-state index in [1.807, 2.05) is 30.3 Å². The van der Waals surface area contributed by atoms with Crippen LogP contribution in [0.1, 0.15) is 10.4 Å². The molecule has 3 heterocycles. The van der Waals surface area contributed by atoms with Gasteiger partial charge in [-0.25, -0.2) is 22.8 Å². The van der Waals surface area contributed by atoms with Crippen molar-refractivity contribution >= 4 is 54.0 Å². The predicted octanol–water partition coefficient (Wildman–Crippen LogP) is 6.34. The molecule has 0 aliphatic heterocycles. The third-order valence-electron chi connectivity index (χ3n) is 7.08. The number of methoxy groups -OCH3 is 1. The summed E-state index contributed by atoms with van der Waals surface area (Å²) >= 11 is 1.54. The van der Waals surface area contributed by atoms with Gasteiger partial charge < -0.3 is 14.5 Å². The number of nitrogens with zero attached hydrogens (tertiary/aromatic N) is 3. The average Bonchev–Trinajstić information content (AvgIpc) is 3.61. The summed E-state index contributed by atoms with van der Waals surface area (Å²) in [7, 11) is 0.703. The SMILES string of the molecule is CNC(=O)c1c(-c2ccc(F)cc2)oc2cc(N(C)S(C)(=O)=O)c(-c3ncc(OC)c(-c4cc5ccccc5s4)n3)cc12. The van der Waals surface area contributed by atoms with Crippen LogP contribution in [0, 0.1) is 5.82 Å². The molecule has 9 nitrogen and oxygen atoms in total. The van der Waals surface area contributed by atoms with Gasteiger partial charge in [0.15, 0.2) is 11.6 Å². The van der Waals surface area contributed by atoms with Crippen LogP contribution < -0.4 is 14.4 Å². The van der Waals surface area contributed by atoms with Gasteiger partial charge in [-0.2, -0.15) is 0 Å². The van der Waals surface area contributed by atoms with E-state index in [9.17, 15) is 17.6 Å². The van der Waals surface area contributed by atoms with Gasteiger partial charge in [0.25, 0.3) is 5.91 Å². The fourth-order valence-corrected chi connectivity index (χ4v) is 6.40. The number of sulfonamides is 1. The monoisotopic (exact) mass is 616 g/mol. The van der Waals surface area contributed by atoms with E-state index < -0.39 is 21.7 Å². The zero-order chi connectivity index (χ0) is 30.5. The standard InChI is InChI=1S/C31H25FN4O5S2/c1-33-31(37)27-21-14-20(30-34-16-24(40-3)28(35-30)26-13-18-7-5-6-8-25(18)42-26)22(36(2)43(4,38)39)15-23(21)41-29(27)17-9-11-19(32)12-10-17/h5-16H,1-4H3,(H,33,37). The van der Waals surface area contributed by atoms with Crippen molar-refractivity contribution in [3.05, 3.63) is 84.3 Å². The Labute approximate surface area is 250 Å². The number of amides is 1. The fourth-order valence-electron chi connectivity index (χ4n) is 4.83. The number of carbonyl (C=O) groups excluding carboxylic acids is 1. The number of carbonyl (C=O) groups is 1. The second-order valence-electron chi connectivity index (χ2n) is 9.75. The lowest BCUT2D eigenvalue weighted by molar-refractivity contribution is 0.0964.